The number of aryl methyl sites for hydroxylation is 1. The van der Waals surface area contributed by atoms with Crippen molar-refractivity contribution in [3.63, 3.8) is 0 Å². The van der Waals surface area contributed by atoms with Crippen molar-refractivity contribution < 1.29 is 8.42 Å². The quantitative estimate of drug-likeness (QED) is 0.636. The third-order valence-corrected chi connectivity index (χ3v) is 5.39. The monoisotopic (exact) mass is 375 g/mol. The molecule has 1 fully saturated rings. The van der Waals surface area contributed by atoms with Crippen molar-refractivity contribution in [2.75, 3.05) is 13.1 Å². The van der Waals surface area contributed by atoms with E-state index in [2.05, 4.69) is 20.0 Å². The molecule has 2 aromatic heterocycles. The van der Waals surface area contributed by atoms with Crippen LogP contribution in [0.2, 0.25) is 0 Å². The fraction of sp³-hybridized carbons (Fsp3) is 0.462. The highest BCUT2D eigenvalue weighted by Crippen LogP contribution is 2.14. The van der Waals surface area contributed by atoms with E-state index in [0.717, 1.165) is 23.9 Å². The number of piperidine rings is 1. The maximum atomic E-state index is 12.5. The molecule has 0 amide bonds. The molecule has 9 nitrogen and oxygen atoms in total. The number of aromatic nitrogens is 3. The van der Waals surface area contributed by atoms with Crippen molar-refractivity contribution in [3.05, 3.63) is 33.1 Å². The minimum Gasteiger partial charge on any atom is -0.317 e. The predicted octanol–water partition coefficient (Wildman–Crippen LogP) is -0.926. The standard InChI is InChI=1S/C13H17N5O4S.ClH/c1-18-11-10(12(19)16-13(18)20)6-9(7-15-11)23(21,22)17-8-2-4-14-5-3-8;/h6-8,14,17H,2-5H2,1H3,(H,16,19,20);1H. The van der Waals surface area contributed by atoms with Crippen molar-refractivity contribution in [1.29, 1.82) is 0 Å². The second-order valence-corrected chi connectivity index (χ2v) is 7.22. The summed E-state index contributed by atoms with van der Waals surface area (Å²) in [5, 5.41) is 3.21. The first-order valence-electron chi connectivity index (χ1n) is 7.20. The number of H-pyrrole nitrogens is 1. The summed E-state index contributed by atoms with van der Waals surface area (Å²) in [6.45, 7) is 1.51. The molecular weight excluding hydrogens is 358 g/mol. The largest absolute Gasteiger partial charge is 0.329 e. The molecule has 0 atom stereocenters. The maximum Gasteiger partial charge on any atom is 0.329 e. The summed E-state index contributed by atoms with van der Waals surface area (Å²) in [7, 11) is -2.32. The number of nitrogens with one attached hydrogen (secondary N) is 3. The summed E-state index contributed by atoms with van der Waals surface area (Å²) in [4.78, 5) is 29.4. The van der Waals surface area contributed by atoms with E-state index in [-0.39, 0.29) is 34.4 Å². The van der Waals surface area contributed by atoms with E-state index in [4.69, 9.17) is 0 Å². The highest BCUT2D eigenvalue weighted by Gasteiger charge is 2.23. The summed E-state index contributed by atoms with van der Waals surface area (Å²) in [6, 6.07) is 1.10. The van der Waals surface area contributed by atoms with Gasteiger partial charge in [0.1, 0.15) is 10.5 Å². The number of halogens is 1. The Hall–Kier alpha value is -1.75. The number of hydrogen-bond donors (Lipinski definition) is 3. The van der Waals surface area contributed by atoms with E-state index in [1.807, 2.05) is 0 Å². The van der Waals surface area contributed by atoms with Gasteiger partial charge in [-0.15, -0.1) is 12.4 Å². The Morgan fingerprint density at radius 3 is 2.62 bits per heavy atom. The molecule has 1 saturated heterocycles. The average Bonchev–Trinajstić information content (AvgIpc) is 2.53. The van der Waals surface area contributed by atoms with Gasteiger partial charge >= 0.3 is 5.69 Å². The zero-order valence-electron chi connectivity index (χ0n) is 12.9. The Morgan fingerprint density at radius 1 is 1.29 bits per heavy atom. The number of pyridine rings is 1. The highest BCUT2D eigenvalue weighted by atomic mass is 35.5. The molecule has 3 rings (SSSR count). The summed E-state index contributed by atoms with van der Waals surface area (Å²) in [6.07, 6.45) is 2.56. The Labute approximate surface area is 144 Å². The molecule has 0 unspecified atom stereocenters. The van der Waals surface area contributed by atoms with Crippen molar-refractivity contribution in [1.82, 2.24) is 24.6 Å². The van der Waals surface area contributed by atoms with Gasteiger partial charge in [0.05, 0.1) is 5.39 Å². The van der Waals surface area contributed by atoms with Gasteiger partial charge in [0.15, 0.2) is 0 Å². The van der Waals surface area contributed by atoms with Crippen molar-refractivity contribution >= 4 is 33.5 Å². The Bertz CT molecular complexity index is 962. The van der Waals surface area contributed by atoms with Gasteiger partial charge in [-0.1, -0.05) is 0 Å². The molecule has 3 N–H and O–H groups in total. The molecule has 132 valence electrons. The molecule has 0 aromatic carbocycles. The molecule has 1 aliphatic heterocycles. The molecular formula is C13H18ClN5O4S. The molecule has 2 aromatic rings. The second kappa shape index (κ2) is 7.01. The zero-order chi connectivity index (χ0) is 16.6. The van der Waals surface area contributed by atoms with Gasteiger partial charge < -0.3 is 5.32 Å². The normalized spacial score (nSPS) is 16.0. The van der Waals surface area contributed by atoms with Crippen molar-refractivity contribution in [3.8, 4) is 0 Å². The first-order valence-corrected chi connectivity index (χ1v) is 8.69. The van der Waals surface area contributed by atoms with Crippen LogP contribution in [0.3, 0.4) is 0 Å². The molecule has 0 aliphatic carbocycles. The van der Waals surface area contributed by atoms with Crippen molar-refractivity contribution in [2.45, 2.75) is 23.8 Å². The van der Waals surface area contributed by atoms with Gasteiger partial charge in [0.2, 0.25) is 10.0 Å². The second-order valence-electron chi connectivity index (χ2n) is 5.51. The Morgan fingerprint density at radius 2 is 1.96 bits per heavy atom. The lowest BCUT2D eigenvalue weighted by atomic mass is 10.1. The average molecular weight is 376 g/mol. The van der Waals surface area contributed by atoms with Crippen molar-refractivity contribution in [2.24, 2.45) is 7.05 Å². The first-order chi connectivity index (χ1) is 10.9. The van der Waals surface area contributed by atoms with Crippen LogP contribution < -0.4 is 21.3 Å². The van der Waals surface area contributed by atoms with Crippen LogP contribution in [-0.4, -0.2) is 42.1 Å². The maximum absolute atomic E-state index is 12.5. The van der Waals surface area contributed by atoms with Crippen LogP contribution >= 0.6 is 12.4 Å². The summed E-state index contributed by atoms with van der Waals surface area (Å²) in [5.41, 5.74) is -1.12. The fourth-order valence-electron chi connectivity index (χ4n) is 2.59. The number of hydrogen-bond acceptors (Lipinski definition) is 6. The van der Waals surface area contributed by atoms with Crippen LogP contribution in [0, 0.1) is 0 Å². The molecule has 3 heterocycles. The van der Waals surface area contributed by atoms with Crippen LogP contribution in [0.1, 0.15) is 12.8 Å². The minimum atomic E-state index is -3.77. The van der Waals surface area contributed by atoms with Gasteiger partial charge in [-0.2, -0.15) is 0 Å². The van der Waals surface area contributed by atoms with Crippen LogP contribution in [0.5, 0.6) is 0 Å². The SMILES string of the molecule is Cl.Cn1c(=O)[nH]c(=O)c2cc(S(=O)(=O)NC3CCNCC3)cnc21. The smallest absolute Gasteiger partial charge is 0.317 e. The number of sulfonamides is 1. The third kappa shape index (κ3) is 3.51. The fourth-order valence-corrected chi connectivity index (χ4v) is 3.87. The summed E-state index contributed by atoms with van der Waals surface area (Å²) >= 11 is 0. The van der Waals surface area contributed by atoms with E-state index < -0.39 is 21.3 Å². The van der Waals surface area contributed by atoms with Crippen LogP contribution in [-0.2, 0) is 17.1 Å². The first kappa shape index (κ1) is 18.6. The van der Waals surface area contributed by atoms with E-state index in [0.29, 0.717) is 12.8 Å². The molecule has 0 saturated carbocycles. The van der Waals surface area contributed by atoms with Crippen LogP contribution in [0.4, 0.5) is 0 Å². The molecule has 24 heavy (non-hydrogen) atoms. The lowest BCUT2D eigenvalue weighted by molar-refractivity contribution is 0.427. The summed E-state index contributed by atoms with van der Waals surface area (Å²) in [5.74, 6) is 0. The molecule has 0 bridgehead atoms. The zero-order valence-corrected chi connectivity index (χ0v) is 14.5. The summed E-state index contributed by atoms with van der Waals surface area (Å²) < 4.78 is 28.7. The number of aromatic amines is 1. The van der Waals surface area contributed by atoms with Crippen LogP contribution in [0.25, 0.3) is 11.0 Å². The highest BCUT2D eigenvalue weighted by molar-refractivity contribution is 7.89. The molecule has 11 heteroatoms. The number of fused-ring (bicyclic) bond motifs is 1. The van der Waals surface area contributed by atoms with Gasteiger partial charge in [0.25, 0.3) is 5.56 Å². The van der Waals surface area contributed by atoms with E-state index in [9.17, 15) is 18.0 Å². The van der Waals surface area contributed by atoms with Gasteiger partial charge in [-0.05, 0) is 32.0 Å². The third-order valence-electron chi connectivity index (χ3n) is 3.90. The van der Waals surface area contributed by atoms with Gasteiger partial charge in [-0.3, -0.25) is 14.3 Å². The molecule has 0 radical (unpaired) electrons. The van der Waals surface area contributed by atoms with Gasteiger partial charge in [-0.25, -0.2) is 22.9 Å². The predicted molar refractivity (Wildman–Crippen MR) is 91.1 cm³/mol. The molecule has 1 aliphatic rings. The lowest BCUT2D eigenvalue weighted by Gasteiger charge is -2.23. The number of nitrogens with zero attached hydrogens (tertiary/aromatic N) is 2. The van der Waals surface area contributed by atoms with E-state index in [1.54, 1.807) is 0 Å². The molecule has 0 spiro atoms. The Balaban J connectivity index is 0.00000208. The Kier molecular flexibility index (Phi) is 5.43. The topological polar surface area (TPSA) is 126 Å². The lowest BCUT2D eigenvalue weighted by Crippen LogP contribution is -2.42. The van der Waals surface area contributed by atoms with E-state index in [1.165, 1.54) is 13.1 Å². The van der Waals surface area contributed by atoms with Crippen LogP contribution in [0.15, 0.2) is 26.7 Å². The van der Waals surface area contributed by atoms with E-state index >= 15 is 0 Å². The number of rotatable bonds is 3. The van der Waals surface area contributed by atoms with Gasteiger partial charge in [0, 0.05) is 19.3 Å². The minimum absolute atomic E-state index is 0.